The van der Waals surface area contributed by atoms with E-state index in [0.29, 0.717) is 0 Å². The number of likely N-dealkylation sites (N-methyl/N-ethyl adjacent to an activating group) is 2. The molecule has 0 spiro atoms. The van der Waals surface area contributed by atoms with Crippen molar-refractivity contribution in [2.45, 2.75) is 6.54 Å². The highest BCUT2D eigenvalue weighted by molar-refractivity contribution is 5.63. The molecule has 1 aromatic heterocycles. The zero-order valence-corrected chi connectivity index (χ0v) is 16.0. The van der Waals surface area contributed by atoms with Crippen molar-refractivity contribution in [3.63, 3.8) is 0 Å². The van der Waals surface area contributed by atoms with Gasteiger partial charge in [0, 0.05) is 43.0 Å². The zero-order chi connectivity index (χ0) is 19.1. The van der Waals surface area contributed by atoms with Gasteiger partial charge < -0.3 is 19.7 Å². The largest absolute Gasteiger partial charge is 0.497 e. The molecule has 2 N–H and O–H groups in total. The van der Waals surface area contributed by atoms with E-state index in [0.717, 1.165) is 48.1 Å². The molecule has 6 nitrogen and oxygen atoms in total. The van der Waals surface area contributed by atoms with Gasteiger partial charge in [0.05, 0.1) is 12.8 Å². The topological polar surface area (TPSA) is 62.4 Å². The van der Waals surface area contributed by atoms with E-state index in [-0.39, 0.29) is 0 Å². The summed E-state index contributed by atoms with van der Waals surface area (Å²) in [5, 5.41) is 10.6. The van der Waals surface area contributed by atoms with Crippen LogP contribution in [0.1, 0.15) is 5.56 Å². The third-order valence-corrected chi connectivity index (χ3v) is 4.31. The van der Waals surface area contributed by atoms with Crippen LogP contribution in [-0.4, -0.2) is 49.4 Å². The monoisotopic (exact) mass is 366 g/mol. The van der Waals surface area contributed by atoms with Gasteiger partial charge in [-0.05, 0) is 50.5 Å². The highest BCUT2D eigenvalue weighted by atomic mass is 16.5. The molecule has 3 aromatic rings. The van der Waals surface area contributed by atoms with E-state index in [4.69, 9.17) is 9.47 Å². The Bertz CT molecular complexity index is 845. The van der Waals surface area contributed by atoms with Crippen molar-refractivity contribution in [2.24, 2.45) is 0 Å². The van der Waals surface area contributed by atoms with Gasteiger partial charge in [-0.15, -0.1) is 0 Å². The second-order valence-corrected chi connectivity index (χ2v) is 6.41. The Hall–Kier alpha value is -2.83. The number of methoxy groups -OCH3 is 1. The predicted molar refractivity (Wildman–Crippen MR) is 107 cm³/mol. The fraction of sp³-hybridized carbons (Fsp3) is 0.286. The summed E-state index contributed by atoms with van der Waals surface area (Å²) < 4.78 is 11.1. The number of rotatable bonds is 9. The van der Waals surface area contributed by atoms with Crippen LogP contribution in [0.15, 0.2) is 54.7 Å². The molecule has 1 heterocycles. The summed E-state index contributed by atoms with van der Waals surface area (Å²) in [6.45, 7) is 2.78. The van der Waals surface area contributed by atoms with Gasteiger partial charge in [0.1, 0.15) is 17.2 Å². The first-order valence-electron chi connectivity index (χ1n) is 8.97. The highest BCUT2D eigenvalue weighted by Crippen LogP contribution is 2.28. The third-order valence-electron chi connectivity index (χ3n) is 4.31. The van der Waals surface area contributed by atoms with Crippen molar-refractivity contribution in [1.29, 1.82) is 0 Å². The van der Waals surface area contributed by atoms with Crippen molar-refractivity contribution in [2.75, 3.05) is 34.3 Å². The van der Waals surface area contributed by atoms with Crippen LogP contribution in [-0.2, 0) is 6.54 Å². The number of nitrogens with one attached hydrogen (secondary N) is 2. The van der Waals surface area contributed by atoms with E-state index >= 15 is 0 Å². The molecule has 0 aliphatic carbocycles. The number of hydrogen-bond acceptors (Lipinski definition) is 5. The molecule has 0 bridgehead atoms. The van der Waals surface area contributed by atoms with E-state index in [1.54, 1.807) is 7.11 Å². The van der Waals surface area contributed by atoms with E-state index in [1.807, 2.05) is 61.8 Å². The normalized spacial score (nSPS) is 11.0. The summed E-state index contributed by atoms with van der Waals surface area (Å²) >= 11 is 0. The van der Waals surface area contributed by atoms with E-state index in [9.17, 15) is 0 Å². The maximum absolute atomic E-state index is 5.91. The number of H-pyrrole nitrogens is 1. The minimum absolute atomic E-state index is 0.744. The van der Waals surface area contributed by atoms with Gasteiger partial charge in [-0.3, -0.25) is 5.10 Å². The van der Waals surface area contributed by atoms with Gasteiger partial charge in [-0.1, -0.05) is 6.07 Å². The summed E-state index contributed by atoms with van der Waals surface area (Å²) in [7, 11) is 5.72. The first kappa shape index (κ1) is 18.9. The first-order valence-corrected chi connectivity index (χ1v) is 8.97. The average Bonchev–Trinajstić information content (AvgIpc) is 3.15. The van der Waals surface area contributed by atoms with E-state index in [1.165, 1.54) is 5.56 Å². The van der Waals surface area contributed by atoms with Gasteiger partial charge in [0.2, 0.25) is 0 Å². The van der Waals surface area contributed by atoms with E-state index in [2.05, 4.69) is 27.5 Å². The van der Waals surface area contributed by atoms with Crippen LogP contribution in [0, 0.1) is 0 Å². The number of aromatic amines is 1. The minimum atomic E-state index is 0.744. The van der Waals surface area contributed by atoms with Crippen LogP contribution in [0.5, 0.6) is 17.2 Å². The smallest absolute Gasteiger partial charge is 0.131 e. The molecular weight excluding hydrogens is 340 g/mol. The van der Waals surface area contributed by atoms with Crippen molar-refractivity contribution in [3.8, 4) is 28.5 Å². The van der Waals surface area contributed by atoms with Crippen LogP contribution < -0.4 is 14.8 Å². The standard InChI is InChI=1S/C21H26N4O2/c1-22-11-12-25(2)15-17-14-23-24-21(17)16-7-9-18(10-8-16)27-20-6-4-5-19(13-20)26-3/h4-10,13-14,22H,11-12,15H2,1-3H3,(H,23,24). The summed E-state index contributed by atoms with van der Waals surface area (Å²) in [6.07, 6.45) is 1.96. The summed E-state index contributed by atoms with van der Waals surface area (Å²) in [5.41, 5.74) is 3.21. The van der Waals surface area contributed by atoms with Crippen LogP contribution in [0.3, 0.4) is 0 Å². The molecule has 0 radical (unpaired) electrons. The lowest BCUT2D eigenvalue weighted by atomic mass is 10.1. The summed E-state index contributed by atoms with van der Waals surface area (Å²) in [6, 6.07) is 15.5. The molecule has 0 aliphatic heterocycles. The SMILES string of the molecule is CNCCN(C)Cc1c[nH]nc1-c1ccc(Oc2cccc(OC)c2)cc1. The Balaban J connectivity index is 1.69. The fourth-order valence-electron chi connectivity index (χ4n) is 2.84. The fourth-order valence-corrected chi connectivity index (χ4v) is 2.84. The molecule has 0 aliphatic rings. The number of hydrogen-bond donors (Lipinski definition) is 2. The van der Waals surface area contributed by atoms with Gasteiger partial charge >= 0.3 is 0 Å². The number of benzene rings is 2. The Kier molecular flexibility index (Phi) is 6.46. The zero-order valence-electron chi connectivity index (χ0n) is 16.0. The lowest BCUT2D eigenvalue weighted by Gasteiger charge is -2.16. The Labute approximate surface area is 160 Å². The average molecular weight is 366 g/mol. The second kappa shape index (κ2) is 9.21. The van der Waals surface area contributed by atoms with Crippen molar-refractivity contribution >= 4 is 0 Å². The molecule has 2 aromatic carbocycles. The van der Waals surface area contributed by atoms with Crippen LogP contribution in [0.2, 0.25) is 0 Å². The summed E-state index contributed by atoms with van der Waals surface area (Å²) in [5.74, 6) is 2.29. The molecule has 0 amide bonds. The van der Waals surface area contributed by atoms with E-state index < -0.39 is 0 Å². The number of ether oxygens (including phenoxy) is 2. The van der Waals surface area contributed by atoms with Gasteiger partial charge in [-0.2, -0.15) is 5.10 Å². The molecule has 0 atom stereocenters. The lowest BCUT2D eigenvalue weighted by Crippen LogP contribution is -2.26. The molecule has 3 rings (SSSR count). The number of aromatic nitrogens is 2. The molecule has 0 saturated heterocycles. The molecule has 6 heteroatoms. The lowest BCUT2D eigenvalue weighted by molar-refractivity contribution is 0.328. The quantitative estimate of drug-likeness (QED) is 0.607. The van der Waals surface area contributed by atoms with Crippen molar-refractivity contribution in [1.82, 2.24) is 20.4 Å². The number of nitrogens with zero attached hydrogens (tertiary/aromatic N) is 2. The van der Waals surface area contributed by atoms with Gasteiger partial charge in [-0.25, -0.2) is 0 Å². The van der Waals surface area contributed by atoms with Crippen LogP contribution in [0.25, 0.3) is 11.3 Å². The second-order valence-electron chi connectivity index (χ2n) is 6.41. The van der Waals surface area contributed by atoms with Crippen molar-refractivity contribution < 1.29 is 9.47 Å². The Morgan fingerprint density at radius 2 is 1.85 bits per heavy atom. The molecule has 27 heavy (non-hydrogen) atoms. The molecule has 0 fully saturated rings. The maximum atomic E-state index is 5.91. The van der Waals surface area contributed by atoms with Crippen molar-refractivity contribution in [3.05, 3.63) is 60.3 Å². The Morgan fingerprint density at radius 3 is 2.59 bits per heavy atom. The predicted octanol–water partition coefficient (Wildman–Crippen LogP) is 3.53. The minimum Gasteiger partial charge on any atom is -0.497 e. The maximum Gasteiger partial charge on any atom is 0.131 e. The van der Waals surface area contributed by atoms with Gasteiger partial charge in [0.15, 0.2) is 0 Å². The summed E-state index contributed by atoms with van der Waals surface area (Å²) in [4.78, 5) is 2.27. The van der Waals surface area contributed by atoms with Crippen LogP contribution >= 0.6 is 0 Å². The Morgan fingerprint density at radius 1 is 1.07 bits per heavy atom. The molecular formula is C21H26N4O2. The molecule has 0 unspecified atom stereocenters. The molecule has 142 valence electrons. The van der Waals surface area contributed by atoms with Gasteiger partial charge in [0.25, 0.3) is 0 Å². The highest BCUT2D eigenvalue weighted by Gasteiger charge is 2.11. The third kappa shape index (κ3) is 5.09. The van der Waals surface area contributed by atoms with Crippen LogP contribution in [0.4, 0.5) is 0 Å². The molecule has 0 saturated carbocycles. The first-order chi connectivity index (χ1) is 13.2.